The molecule has 2 N–H and O–H groups in total. The molecule has 1 saturated heterocycles. The molecule has 18 heavy (non-hydrogen) atoms. The number of nitrogens with two attached hydrogens (primary N) is 1. The number of anilines is 2. The van der Waals surface area contributed by atoms with Gasteiger partial charge in [0.05, 0.1) is 22.9 Å². The number of rotatable bonds is 1. The molecule has 0 aliphatic carbocycles. The Balaban J connectivity index is 2.35. The minimum absolute atomic E-state index is 0.0351. The second-order valence-electron chi connectivity index (χ2n) is 4.29. The van der Waals surface area contributed by atoms with Crippen molar-refractivity contribution in [2.24, 2.45) is 0 Å². The quantitative estimate of drug-likeness (QED) is 0.782. The second kappa shape index (κ2) is 4.72. The summed E-state index contributed by atoms with van der Waals surface area (Å²) in [4.78, 5) is 1.50. The van der Waals surface area contributed by atoms with Crippen molar-refractivity contribution in [1.82, 2.24) is 0 Å². The third kappa shape index (κ3) is 2.55. The fourth-order valence-corrected chi connectivity index (χ4v) is 3.31. The van der Waals surface area contributed by atoms with E-state index in [2.05, 4.69) is 0 Å². The Morgan fingerprint density at radius 3 is 2.61 bits per heavy atom. The van der Waals surface area contributed by atoms with Crippen LogP contribution < -0.4 is 10.6 Å². The van der Waals surface area contributed by atoms with Gasteiger partial charge in [-0.2, -0.15) is 0 Å². The van der Waals surface area contributed by atoms with Crippen molar-refractivity contribution in [1.29, 1.82) is 0 Å². The molecule has 0 spiro atoms. The Kier molecular flexibility index (Phi) is 3.43. The molecule has 0 bridgehead atoms. The number of halogens is 2. The van der Waals surface area contributed by atoms with E-state index in [1.807, 2.05) is 0 Å². The molecule has 1 aliphatic heterocycles. The number of hydrogen-bond donors (Lipinski definition) is 1. The molecule has 0 radical (unpaired) electrons. The largest absolute Gasteiger partial charge is 0.397 e. The van der Waals surface area contributed by atoms with E-state index in [-0.39, 0.29) is 29.4 Å². The number of nitrogen functional groups attached to an aromatic ring is 1. The van der Waals surface area contributed by atoms with E-state index in [9.17, 15) is 17.2 Å². The number of hydrogen-bond acceptors (Lipinski definition) is 4. The van der Waals surface area contributed by atoms with Crippen LogP contribution in [-0.4, -0.2) is 33.0 Å². The molecule has 1 aliphatic rings. The topological polar surface area (TPSA) is 63.4 Å². The number of nitrogens with zero attached hydrogens (tertiary/aromatic N) is 1. The van der Waals surface area contributed by atoms with Crippen molar-refractivity contribution in [3.05, 3.63) is 23.8 Å². The van der Waals surface area contributed by atoms with Crippen LogP contribution in [0.2, 0.25) is 0 Å². The molecular formula is C11H14F2N2O2S. The van der Waals surface area contributed by atoms with E-state index in [1.54, 1.807) is 0 Å². The molecule has 1 heterocycles. The van der Waals surface area contributed by atoms with Gasteiger partial charge in [-0.1, -0.05) is 0 Å². The van der Waals surface area contributed by atoms with E-state index < -0.39 is 21.5 Å². The molecule has 0 aromatic heterocycles. The molecule has 100 valence electrons. The molecule has 1 aromatic rings. The summed E-state index contributed by atoms with van der Waals surface area (Å²) in [6, 6.07) is 2.25. The van der Waals surface area contributed by atoms with E-state index in [4.69, 9.17) is 5.73 Å². The Morgan fingerprint density at radius 2 is 1.89 bits per heavy atom. The van der Waals surface area contributed by atoms with Crippen LogP contribution in [0.15, 0.2) is 12.1 Å². The van der Waals surface area contributed by atoms with Gasteiger partial charge in [-0.15, -0.1) is 0 Å². The zero-order chi connectivity index (χ0) is 13.3. The summed E-state index contributed by atoms with van der Waals surface area (Å²) in [5.74, 6) is -2.00. The number of sulfone groups is 1. The van der Waals surface area contributed by atoms with Crippen LogP contribution in [0, 0.1) is 11.6 Å². The highest BCUT2D eigenvalue weighted by molar-refractivity contribution is 7.91. The molecule has 2 rings (SSSR count). The van der Waals surface area contributed by atoms with Crippen molar-refractivity contribution in [2.75, 3.05) is 35.2 Å². The fraction of sp³-hybridized carbons (Fsp3) is 0.455. The molecule has 0 unspecified atom stereocenters. The molecular weight excluding hydrogens is 262 g/mol. The summed E-state index contributed by atoms with van der Waals surface area (Å²) in [5, 5.41) is 0. The summed E-state index contributed by atoms with van der Waals surface area (Å²) < 4.78 is 49.8. The van der Waals surface area contributed by atoms with Gasteiger partial charge in [0.1, 0.15) is 0 Å². The summed E-state index contributed by atoms with van der Waals surface area (Å²) in [6.07, 6.45) is 0.387. The minimum Gasteiger partial charge on any atom is -0.397 e. The maximum Gasteiger partial charge on any atom is 0.184 e. The third-order valence-electron chi connectivity index (χ3n) is 2.97. The Morgan fingerprint density at radius 1 is 1.17 bits per heavy atom. The molecule has 1 aromatic carbocycles. The van der Waals surface area contributed by atoms with Crippen LogP contribution in [-0.2, 0) is 9.84 Å². The maximum absolute atomic E-state index is 13.7. The molecule has 0 amide bonds. The standard InChI is InChI=1S/C11H14F2N2O2S/c12-8-2-3-9(14)11(10(8)13)15-4-1-6-18(16,17)7-5-15/h2-3H,1,4-7,14H2. The summed E-state index contributed by atoms with van der Waals surface area (Å²) in [5.41, 5.74) is 5.73. The monoisotopic (exact) mass is 276 g/mol. The summed E-state index contributed by atoms with van der Waals surface area (Å²) in [6.45, 7) is 0.483. The van der Waals surface area contributed by atoms with E-state index >= 15 is 0 Å². The molecule has 0 atom stereocenters. The van der Waals surface area contributed by atoms with Gasteiger partial charge in [0.15, 0.2) is 21.5 Å². The van der Waals surface area contributed by atoms with Crippen molar-refractivity contribution < 1.29 is 17.2 Å². The normalized spacial score (nSPS) is 19.6. The van der Waals surface area contributed by atoms with Gasteiger partial charge in [-0.3, -0.25) is 0 Å². The molecule has 0 saturated carbocycles. The van der Waals surface area contributed by atoms with Crippen molar-refractivity contribution in [3.8, 4) is 0 Å². The number of benzene rings is 1. The van der Waals surface area contributed by atoms with Crippen molar-refractivity contribution in [2.45, 2.75) is 6.42 Å². The lowest BCUT2D eigenvalue weighted by Crippen LogP contribution is -2.28. The molecule has 1 fully saturated rings. The molecule has 7 heteroatoms. The lowest BCUT2D eigenvalue weighted by atomic mass is 10.2. The fourth-order valence-electron chi connectivity index (χ4n) is 2.04. The van der Waals surface area contributed by atoms with Gasteiger partial charge in [0, 0.05) is 13.1 Å². The average Bonchev–Trinajstić information content (AvgIpc) is 2.46. The highest BCUT2D eigenvalue weighted by Gasteiger charge is 2.24. The third-order valence-corrected chi connectivity index (χ3v) is 4.69. The lowest BCUT2D eigenvalue weighted by Gasteiger charge is -2.24. The highest BCUT2D eigenvalue weighted by atomic mass is 32.2. The van der Waals surface area contributed by atoms with E-state index in [1.165, 1.54) is 11.0 Å². The average molecular weight is 276 g/mol. The van der Waals surface area contributed by atoms with Crippen molar-refractivity contribution >= 4 is 21.2 Å². The van der Waals surface area contributed by atoms with Crippen LogP contribution in [0.4, 0.5) is 20.2 Å². The van der Waals surface area contributed by atoms with Crippen LogP contribution in [0.1, 0.15) is 6.42 Å². The Hall–Kier alpha value is -1.37. The van der Waals surface area contributed by atoms with Crippen molar-refractivity contribution in [3.63, 3.8) is 0 Å². The van der Waals surface area contributed by atoms with Gasteiger partial charge in [0.2, 0.25) is 0 Å². The first-order valence-electron chi connectivity index (χ1n) is 5.59. The smallest absolute Gasteiger partial charge is 0.184 e. The van der Waals surface area contributed by atoms with Gasteiger partial charge in [-0.25, -0.2) is 17.2 Å². The molecule has 4 nitrogen and oxygen atoms in total. The van der Waals surface area contributed by atoms with Gasteiger partial charge in [-0.05, 0) is 18.6 Å². The maximum atomic E-state index is 13.7. The van der Waals surface area contributed by atoms with Crippen LogP contribution in [0.25, 0.3) is 0 Å². The van der Waals surface area contributed by atoms with Gasteiger partial charge in [0.25, 0.3) is 0 Å². The SMILES string of the molecule is Nc1ccc(F)c(F)c1N1CCCS(=O)(=O)CC1. The van der Waals surface area contributed by atoms with Gasteiger partial charge < -0.3 is 10.6 Å². The van der Waals surface area contributed by atoms with Crippen LogP contribution in [0.5, 0.6) is 0 Å². The minimum atomic E-state index is -3.09. The second-order valence-corrected chi connectivity index (χ2v) is 6.60. The highest BCUT2D eigenvalue weighted by Crippen LogP contribution is 2.29. The lowest BCUT2D eigenvalue weighted by molar-refractivity contribution is 0.507. The predicted molar refractivity (Wildman–Crippen MR) is 66.3 cm³/mol. The zero-order valence-electron chi connectivity index (χ0n) is 9.70. The first kappa shape index (κ1) is 13.1. The van der Waals surface area contributed by atoms with Gasteiger partial charge >= 0.3 is 0 Å². The Labute approximate surface area is 104 Å². The zero-order valence-corrected chi connectivity index (χ0v) is 10.5. The summed E-state index contributed by atoms with van der Waals surface area (Å²) in [7, 11) is -3.09. The summed E-state index contributed by atoms with van der Waals surface area (Å²) >= 11 is 0. The van der Waals surface area contributed by atoms with Crippen LogP contribution in [0.3, 0.4) is 0 Å². The van der Waals surface area contributed by atoms with Crippen LogP contribution >= 0.6 is 0 Å². The first-order valence-corrected chi connectivity index (χ1v) is 7.42. The van der Waals surface area contributed by atoms with E-state index in [0.717, 1.165) is 6.07 Å². The Bertz CT molecular complexity index is 560. The first-order chi connectivity index (χ1) is 8.41. The predicted octanol–water partition coefficient (Wildman–Crippen LogP) is 1.17. The van der Waals surface area contributed by atoms with E-state index in [0.29, 0.717) is 13.0 Å².